The Labute approximate surface area is 118 Å². The maximum absolute atomic E-state index is 4.40. The molecule has 0 spiro atoms. The summed E-state index contributed by atoms with van der Waals surface area (Å²) in [5, 5.41) is 4.53. The van der Waals surface area contributed by atoms with Crippen molar-refractivity contribution in [3.63, 3.8) is 0 Å². The molecule has 0 saturated carbocycles. The van der Waals surface area contributed by atoms with E-state index in [0.717, 1.165) is 28.8 Å². The summed E-state index contributed by atoms with van der Waals surface area (Å²) in [6, 6.07) is 14.4. The normalized spacial score (nSPS) is 10.7. The van der Waals surface area contributed by atoms with Crippen molar-refractivity contribution in [3.8, 4) is 0 Å². The number of hydrogen-bond donors (Lipinski definition) is 1. The maximum atomic E-state index is 4.40. The highest BCUT2D eigenvalue weighted by molar-refractivity contribution is 5.91. The Hall–Kier alpha value is -2.42. The van der Waals surface area contributed by atoms with E-state index in [1.54, 1.807) is 6.33 Å². The van der Waals surface area contributed by atoms with Crippen LogP contribution in [0.2, 0.25) is 0 Å². The van der Waals surface area contributed by atoms with Crippen molar-refractivity contribution in [2.24, 2.45) is 0 Å². The summed E-state index contributed by atoms with van der Waals surface area (Å²) in [5.74, 6) is 0.861. The van der Waals surface area contributed by atoms with Crippen LogP contribution < -0.4 is 5.32 Å². The average molecular weight is 263 g/mol. The molecule has 0 aliphatic rings. The van der Waals surface area contributed by atoms with Gasteiger partial charge in [-0.2, -0.15) is 0 Å². The third-order valence-corrected chi connectivity index (χ3v) is 3.53. The van der Waals surface area contributed by atoms with E-state index in [2.05, 4.69) is 47.3 Å². The molecule has 0 radical (unpaired) electrons. The van der Waals surface area contributed by atoms with Crippen LogP contribution in [0.3, 0.4) is 0 Å². The summed E-state index contributed by atoms with van der Waals surface area (Å²) in [4.78, 5) is 8.69. The SMILES string of the molecule is CCc1cccc(C)c1Nc1ncnc2ccccc12. The Kier molecular flexibility index (Phi) is 3.33. The molecule has 0 aliphatic carbocycles. The third kappa shape index (κ3) is 2.23. The second kappa shape index (κ2) is 5.29. The molecule has 0 amide bonds. The molecule has 0 atom stereocenters. The van der Waals surface area contributed by atoms with E-state index < -0.39 is 0 Å². The molecule has 1 heterocycles. The number of para-hydroxylation sites is 2. The van der Waals surface area contributed by atoms with Crippen molar-refractivity contribution in [1.82, 2.24) is 9.97 Å². The van der Waals surface area contributed by atoms with E-state index in [1.165, 1.54) is 11.1 Å². The fourth-order valence-electron chi connectivity index (χ4n) is 2.42. The molecule has 0 aliphatic heterocycles. The molecular weight excluding hydrogens is 246 g/mol. The number of aromatic nitrogens is 2. The molecule has 3 rings (SSSR count). The first-order valence-electron chi connectivity index (χ1n) is 6.85. The molecule has 3 nitrogen and oxygen atoms in total. The van der Waals surface area contributed by atoms with E-state index in [9.17, 15) is 0 Å². The van der Waals surface area contributed by atoms with Crippen LogP contribution in [-0.4, -0.2) is 9.97 Å². The second-order valence-electron chi connectivity index (χ2n) is 4.83. The van der Waals surface area contributed by atoms with Gasteiger partial charge < -0.3 is 5.32 Å². The van der Waals surface area contributed by atoms with Crippen molar-refractivity contribution in [3.05, 3.63) is 59.9 Å². The maximum Gasteiger partial charge on any atom is 0.141 e. The molecule has 0 fully saturated rings. The van der Waals surface area contributed by atoms with Gasteiger partial charge in [0.05, 0.1) is 5.52 Å². The van der Waals surface area contributed by atoms with Crippen molar-refractivity contribution in [2.75, 3.05) is 5.32 Å². The first-order chi connectivity index (χ1) is 9.79. The third-order valence-electron chi connectivity index (χ3n) is 3.53. The molecule has 1 N–H and O–H groups in total. The highest BCUT2D eigenvalue weighted by Crippen LogP contribution is 2.27. The van der Waals surface area contributed by atoms with Gasteiger partial charge in [0.25, 0.3) is 0 Å². The molecule has 2 aromatic carbocycles. The van der Waals surface area contributed by atoms with Crippen LogP contribution in [0.1, 0.15) is 18.1 Å². The van der Waals surface area contributed by atoms with E-state index >= 15 is 0 Å². The van der Waals surface area contributed by atoms with Crippen molar-refractivity contribution in [2.45, 2.75) is 20.3 Å². The lowest BCUT2D eigenvalue weighted by atomic mass is 10.1. The predicted octanol–water partition coefficient (Wildman–Crippen LogP) is 4.24. The monoisotopic (exact) mass is 263 g/mol. The van der Waals surface area contributed by atoms with Crippen molar-refractivity contribution < 1.29 is 0 Å². The lowest BCUT2D eigenvalue weighted by Crippen LogP contribution is -2.01. The Morgan fingerprint density at radius 1 is 1.00 bits per heavy atom. The molecule has 3 aromatic rings. The van der Waals surface area contributed by atoms with Crippen LogP contribution in [0, 0.1) is 6.92 Å². The van der Waals surface area contributed by atoms with Crippen LogP contribution in [0.5, 0.6) is 0 Å². The van der Waals surface area contributed by atoms with Gasteiger partial charge in [0.2, 0.25) is 0 Å². The Bertz CT molecular complexity index is 745. The van der Waals surface area contributed by atoms with E-state index in [-0.39, 0.29) is 0 Å². The molecule has 0 saturated heterocycles. The lowest BCUT2D eigenvalue weighted by molar-refractivity contribution is 1.13. The number of nitrogens with one attached hydrogen (secondary N) is 1. The zero-order valence-corrected chi connectivity index (χ0v) is 11.7. The van der Waals surface area contributed by atoms with Crippen molar-refractivity contribution in [1.29, 1.82) is 0 Å². The Morgan fingerprint density at radius 3 is 2.70 bits per heavy atom. The molecule has 20 heavy (non-hydrogen) atoms. The molecular formula is C17H17N3. The average Bonchev–Trinajstić information content (AvgIpc) is 2.49. The molecule has 0 bridgehead atoms. The lowest BCUT2D eigenvalue weighted by Gasteiger charge is -2.14. The molecule has 3 heteroatoms. The summed E-state index contributed by atoms with van der Waals surface area (Å²) in [5.41, 5.74) is 4.63. The minimum Gasteiger partial charge on any atom is -0.339 e. The largest absolute Gasteiger partial charge is 0.339 e. The Balaban J connectivity index is 2.10. The van der Waals surface area contributed by atoms with Gasteiger partial charge in [-0.25, -0.2) is 9.97 Å². The van der Waals surface area contributed by atoms with Gasteiger partial charge >= 0.3 is 0 Å². The number of anilines is 2. The summed E-state index contributed by atoms with van der Waals surface area (Å²) < 4.78 is 0. The molecule has 1 aromatic heterocycles. The van der Waals surface area contributed by atoms with Crippen LogP contribution in [0.25, 0.3) is 10.9 Å². The van der Waals surface area contributed by atoms with Gasteiger partial charge in [-0.05, 0) is 36.6 Å². The van der Waals surface area contributed by atoms with Gasteiger partial charge in [-0.1, -0.05) is 37.3 Å². The van der Waals surface area contributed by atoms with Gasteiger partial charge in [-0.3, -0.25) is 0 Å². The summed E-state index contributed by atoms with van der Waals surface area (Å²) in [6.45, 7) is 4.28. The van der Waals surface area contributed by atoms with Gasteiger partial charge in [-0.15, -0.1) is 0 Å². The minimum absolute atomic E-state index is 0.861. The summed E-state index contributed by atoms with van der Waals surface area (Å²) >= 11 is 0. The van der Waals surface area contributed by atoms with E-state index in [0.29, 0.717) is 0 Å². The number of nitrogens with zero attached hydrogens (tertiary/aromatic N) is 2. The first kappa shape index (κ1) is 12.6. The van der Waals surface area contributed by atoms with Crippen LogP contribution in [0.15, 0.2) is 48.8 Å². The highest BCUT2D eigenvalue weighted by Gasteiger charge is 2.08. The molecule has 0 unspecified atom stereocenters. The first-order valence-corrected chi connectivity index (χ1v) is 6.85. The number of rotatable bonds is 3. The van der Waals surface area contributed by atoms with E-state index in [1.807, 2.05) is 24.3 Å². The topological polar surface area (TPSA) is 37.8 Å². The zero-order chi connectivity index (χ0) is 13.9. The summed E-state index contributed by atoms with van der Waals surface area (Å²) in [7, 11) is 0. The van der Waals surface area contributed by atoms with E-state index in [4.69, 9.17) is 0 Å². The predicted molar refractivity (Wildman–Crippen MR) is 83.4 cm³/mol. The zero-order valence-electron chi connectivity index (χ0n) is 11.7. The second-order valence-corrected chi connectivity index (χ2v) is 4.83. The van der Waals surface area contributed by atoms with Gasteiger partial charge in [0.15, 0.2) is 0 Å². The van der Waals surface area contributed by atoms with Crippen LogP contribution in [-0.2, 0) is 6.42 Å². The van der Waals surface area contributed by atoms with Gasteiger partial charge in [0, 0.05) is 11.1 Å². The Morgan fingerprint density at radius 2 is 1.85 bits per heavy atom. The number of aryl methyl sites for hydroxylation is 2. The number of fused-ring (bicyclic) bond motifs is 1. The standard InChI is InChI=1S/C17H17N3/c1-3-13-8-6-7-12(2)16(13)20-17-14-9-4-5-10-15(14)18-11-19-17/h4-11H,3H2,1-2H3,(H,18,19,20). The fourth-order valence-corrected chi connectivity index (χ4v) is 2.42. The van der Waals surface area contributed by atoms with Gasteiger partial charge in [0.1, 0.15) is 12.1 Å². The number of hydrogen-bond acceptors (Lipinski definition) is 3. The van der Waals surface area contributed by atoms with Crippen LogP contribution in [0.4, 0.5) is 11.5 Å². The van der Waals surface area contributed by atoms with Crippen molar-refractivity contribution >= 4 is 22.4 Å². The quantitative estimate of drug-likeness (QED) is 0.768. The smallest absolute Gasteiger partial charge is 0.141 e. The highest BCUT2D eigenvalue weighted by atomic mass is 15.0. The van der Waals surface area contributed by atoms with Crippen LogP contribution >= 0.6 is 0 Å². The molecule has 100 valence electrons. The minimum atomic E-state index is 0.861. The summed E-state index contributed by atoms with van der Waals surface area (Å²) in [6.07, 6.45) is 2.60. The fraction of sp³-hybridized carbons (Fsp3) is 0.176. The number of benzene rings is 2.